The lowest BCUT2D eigenvalue weighted by Crippen LogP contribution is -2.54. The van der Waals surface area contributed by atoms with Crippen LogP contribution in [0.2, 0.25) is 0 Å². The third-order valence-corrected chi connectivity index (χ3v) is 1.99. The number of hydrogen-bond donors (Lipinski definition) is 0. The molecule has 0 amide bonds. The lowest BCUT2D eigenvalue weighted by Gasteiger charge is -2.16. The van der Waals surface area contributed by atoms with Crippen molar-refractivity contribution in [3.05, 3.63) is 36.2 Å². The van der Waals surface area contributed by atoms with Crippen LogP contribution >= 0.6 is 0 Å². The van der Waals surface area contributed by atoms with Crippen LogP contribution in [-0.4, -0.2) is 40.3 Å². The molecule has 0 aromatic carbocycles. The Balaban J connectivity index is 3.72. The van der Waals surface area contributed by atoms with Crippen LogP contribution in [0.3, 0.4) is 0 Å². The summed E-state index contributed by atoms with van der Waals surface area (Å²) in [5, 5.41) is 35.8. The fourth-order valence-electron chi connectivity index (χ4n) is 1.09. The second-order valence-electron chi connectivity index (χ2n) is 3.06. The van der Waals surface area contributed by atoms with Crippen molar-refractivity contribution in [1.82, 2.24) is 25.6 Å². The third kappa shape index (κ3) is 2.05. The van der Waals surface area contributed by atoms with Crippen molar-refractivity contribution in [1.29, 1.82) is 0 Å². The van der Waals surface area contributed by atoms with Gasteiger partial charge < -0.3 is 0 Å². The maximum atomic E-state index is 13.0. The van der Waals surface area contributed by atoms with Crippen molar-refractivity contribution in [2.45, 2.75) is 12.0 Å². The minimum Gasteiger partial charge on any atom is -0.252 e. The van der Waals surface area contributed by atoms with Crippen LogP contribution in [0.25, 0.3) is 0 Å². The molecule has 21 heavy (non-hydrogen) atoms. The van der Waals surface area contributed by atoms with Gasteiger partial charge in [-0.3, -0.25) is 30.3 Å². The summed E-state index contributed by atoms with van der Waals surface area (Å²) in [4.78, 5) is 25.2. The maximum Gasteiger partial charge on any atom is 0.765 e. The molecule has 18 heteroatoms. The van der Waals surface area contributed by atoms with Crippen LogP contribution in [0.1, 0.15) is 5.82 Å². The fraction of sp³-hybridized carbons (Fsp3) is 0.667. The summed E-state index contributed by atoms with van der Waals surface area (Å²) in [7, 11) is 0. The molecule has 1 heterocycles. The highest BCUT2D eigenvalue weighted by molar-refractivity contribution is 4.89. The van der Waals surface area contributed by atoms with E-state index in [1.807, 2.05) is 0 Å². The molecule has 1 aromatic rings. The van der Waals surface area contributed by atoms with Crippen LogP contribution in [0.4, 0.5) is 17.7 Å². The first-order valence-electron chi connectivity index (χ1n) is 4.23. The van der Waals surface area contributed by atoms with E-state index in [1.54, 1.807) is 0 Å². The topological polar surface area (TPSA) is 176 Å². The van der Waals surface area contributed by atoms with Gasteiger partial charge in [-0.05, 0) is 10.4 Å². The summed E-state index contributed by atoms with van der Waals surface area (Å²) in [5.74, 6) is -7.02. The zero-order chi connectivity index (χ0) is 16.6. The van der Waals surface area contributed by atoms with Crippen molar-refractivity contribution in [2.75, 3.05) is 0 Å². The Morgan fingerprint density at radius 1 is 1.05 bits per heavy atom. The largest absolute Gasteiger partial charge is 0.765 e. The highest BCUT2D eigenvalue weighted by atomic mass is 19.4. The van der Waals surface area contributed by atoms with E-state index in [9.17, 15) is 48.1 Å². The lowest BCUT2D eigenvalue weighted by molar-refractivity contribution is -0.987. The molecule has 0 unspecified atom stereocenters. The number of rotatable bonds is 6. The summed E-state index contributed by atoms with van der Waals surface area (Å²) in [6, 6.07) is 0. The molecule has 0 saturated carbocycles. The zero-order valence-corrected chi connectivity index (χ0v) is 9.04. The third-order valence-electron chi connectivity index (χ3n) is 1.99. The van der Waals surface area contributed by atoms with Gasteiger partial charge in [-0.25, -0.2) is 0 Å². The Morgan fingerprint density at radius 3 is 1.81 bits per heavy atom. The van der Waals surface area contributed by atoms with Crippen molar-refractivity contribution in [3.63, 3.8) is 0 Å². The number of nitrogens with zero attached hydrogens (tertiary/aromatic N) is 8. The maximum absolute atomic E-state index is 13.0. The average Bonchev–Trinajstić information content (AvgIpc) is 2.77. The van der Waals surface area contributed by atoms with E-state index in [4.69, 9.17) is 0 Å². The zero-order valence-electron chi connectivity index (χ0n) is 9.04. The molecule has 14 nitrogen and oxygen atoms in total. The van der Waals surface area contributed by atoms with Crippen LogP contribution in [0.15, 0.2) is 0 Å². The minimum atomic E-state index is -5.51. The normalized spacial score (nSPS) is 12.4. The molecule has 0 atom stereocenters. The van der Waals surface area contributed by atoms with Gasteiger partial charge in [-0.1, -0.05) is 14.1 Å². The minimum absolute atomic E-state index is 1.40. The van der Waals surface area contributed by atoms with Crippen LogP contribution < -0.4 is 0 Å². The van der Waals surface area contributed by atoms with E-state index in [0.717, 1.165) is 0 Å². The Kier molecular flexibility index (Phi) is 3.66. The van der Waals surface area contributed by atoms with Gasteiger partial charge in [0.1, 0.15) is 5.34 Å². The van der Waals surface area contributed by atoms with Gasteiger partial charge in [0.15, 0.2) is 14.8 Å². The highest BCUT2D eigenvalue weighted by Crippen LogP contribution is 2.32. The molecule has 0 N–H and O–H groups in total. The highest BCUT2D eigenvalue weighted by Gasteiger charge is 2.78. The van der Waals surface area contributed by atoms with Crippen LogP contribution in [-0.2, 0) is 12.0 Å². The summed E-state index contributed by atoms with van der Waals surface area (Å²) >= 11 is 0. The molecule has 0 aliphatic rings. The number of tetrazole rings is 1. The Bertz CT molecular complexity index is 565. The molecular weight excluding hydrogens is 320 g/mol. The van der Waals surface area contributed by atoms with Crippen molar-refractivity contribution in [2.24, 2.45) is 0 Å². The van der Waals surface area contributed by atoms with Gasteiger partial charge in [-0.2, -0.15) is 8.78 Å². The first kappa shape index (κ1) is 16.0. The van der Waals surface area contributed by atoms with Gasteiger partial charge in [-0.15, -0.1) is 4.68 Å². The predicted molar refractivity (Wildman–Crippen MR) is 44.7 cm³/mol. The molecule has 0 aliphatic carbocycles. The van der Waals surface area contributed by atoms with E-state index in [0.29, 0.717) is 0 Å². The summed E-state index contributed by atoms with van der Waals surface area (Å²) in [6.45, 7) is 0. The molecule has 0 fully saturated rings. The summed E-state index contributed by atoms with van der Waals surface area (Å²) in [5.41, 5.74) is 0. The molecule has 0 bridgehead atoms. The number of alkyl halides is 2. The molecule has 1 aromatic heterocycles. The van der Waals surface area contributed by atoms with Gasteiger partial charge in [0.2, 0.25) is 0 Å². The number of hydrogen-bond acceptors (Lipinski definition) is 10. The Morgan fingerprint density at radius 2 is 1.48 bits per heavy atom. The van der Waals surface area contributed by atoms with Crippen molar-refractivity contribution in [3.8, 4) is 0 Å². The summed E-state index contributed by atoms with van der Waals surface area (Å²) < 4.78 is 48.7. The first-order chi connectivity index (χ1) is 9.50. The van der Waals surface area contributed by atoms with E-state index in [2.05, 4.69) is 15.5 Å². The van der Waals surface area contributed by atoms with Crippen molar-refractivity contribution >= 4 is 0 Å². The molecule has 0 spiro atoms. The standard InChI is InChI=1S/C3F4N8O6/c4-3(5,12(6)7)11-1(8-9-10-11)2(13(16)17,14(18)19)15(20)21. The molecule has 0 radical (unpaired) electrons. The van der Waals surface area contributed by atoms with Gasteiger partial charge in [0.05, 0.1) is 0 Å². The van der Waals surface area contributed by atoms with Gasteiger partial charge in [0.25, 0.3) is 0 Å². The lowest BCUT2D eigenvalue weighted by atomic mass is 10.3. The molecule has 0 saturated heterocycles. The second-order valence-corrected chi connectivity index (χ2v) is 3.06. The number of nitro groups is 3. The quantitative estimate of drug-likeness (QED) is 0.161. The van der Waals surface area contributed by atoms with Crippen LogP contribution in [0, 0.1) is 30.3 Å². The van der Waals surface area contributed by atoms with E-state index < -0.39 is 42.6 Å². The monoisotopic (exact) mass is 320 g/mol. The average molecular weight is 320 g/mol. The molecular formula is C3F4N8O6. The molecule has 116 valence electrons. The fourth-order valence-corrected chi connectivity index (χ4v) is 1.09. The summed E-state index contributed by atoms with van der Waals surface area (Å²) in [6.07, 6.45) is -5.51. The predicted octanol–water partition coefficient (Wildman–Crippen LogP) is -0.809. The Labute approximate surface area is 107 Å². The van der Waals surface area contributed by atoms with Crippen molar-refractivity contribution < 1.29 is 32.5 Å². The smallest absolute Gasteiger partial charge is 0.252 e. The van der Waals surface area contributed by atoms with E-state index >= 15 is 0 Å². The van der Waals surface area contributed by atoms with Crippen LogP contribution in [0.5, 0.6) is 0 Å². The molecule has 1 rings (SSSR count). The SMILES string of the molecule is O=[N+]([O-])C(c1nnnn1C(F)(F)N(F)F)([N+](=O)[O-])[N+](=O)[O-]. The Hall–Kier alpha value is -3.05. The second kappa shape index (κ2) is 4.81. The first-order valence-corrected chi connectivity index (χ1v) is 4.23. The molecule has 0 aliphatic heterocycles. The number of halogens is 4. The van der Waals surface area contributed by atoms with Gasteiger partial charge >= 0.3 is 17.8 Å². The van der Waals surface area contributed by atoms with Gasteiger partial charge in [0, 0.05) is 0 Å². The number of aromatic nitrogens is 4. The van der Waals surface area contributed by atoms with E-state index in [1.165, 1.54) is 0 Å². The van der Waals surface area contributed by atoms with E-state index in [-0.39, 0.29) is 0 Å².